The van der Waals surface area contributed by atoms with Crippen molar-refractivity contribution < 1.29 is 18.3 Å². The largest absolute Gasteiger partial charge is 0.383 e. The Bertz CT molecular complexity index is 391. The van der Waals surface area contributed by atoms with Gasteiger partial charge in [-0.3, -0.25) is 4.79 Å². The van der Waals surface area contributed by atoms with Crippen LogP contribution in [0.3, 0.4) is 0 Å². The molecular weight excluding hydrogens is 266 g/mol. The zero-order valence-corrected chi connectivity index (χ0v) is 10.7. The topological polar surface area (TPSA) is 50.4 Å². The maximum atomic E-state index is 13.2. The minimum atomic E-state index is -1.06. The maximum Gasteiger partial charge on any atom is 0.238 e. The van der Waals surface area contributed by atoms with E-state index in [9.17, 15) is 13.6 Å². The van der Waals surface area contributed by atoms with Crippen LogP contribution >= 0.6 is 12.4 Å². The fourth-order valence-corrected chi connectivity index (χ4v) is 1.17. The van der Waals surface area contributed by atoms with E-state index in [1.807, 2.05) is 0 Å². The van der Waals surface area contributed by atoms with Crippen molar-refractivity contribution in [3.05, 3.63) is 29.8 Å². The van der Waals surface area contributed by atoms with Crippen LogP contribution in [0.2, 0.25) is 0 Å². The second-order valence-electron chi connectivity index (χ2n) is 3.32. The van der Waals surface area contributed by atoms with Gasteiger partial charge in [-0.05, 0) is 12.1 Å². The molecule has 0 fully saturated rings. The molecule has 7 heteroatoms. The molecule has 0 saturated heterocycles. The molecule has 0 aliphatic carbocycles. The molecule has 4 nitrogen and oxygen atoms in total. The average Bonchev–Trinajstić information content (AvgIpc) is 2.31. The highest BCUT2D eigenvalue weighted by atomic mass is 35.5. The highest BCUT2D eigenvalue weighted by Crippen LogP contribution is 2.15. The summed E-state index contributed by atoms with van der Waals surface area (Å²) in [7, 11) is 1.55. The molecule has 0 aromatic heterocycles. The van der Waals surface area contributed by atoms with E-state index in [1.165, 1.54) is 12.1 Å². The molecular formula is C11H15ClF2N2O2. The number of nitrogens with one attached hydrogen (secondary N) is 2. The van der Waals surface area contributed by atoms with Crippen molar-refractivity contribution in [2.24, 2.45) is 0 Å². The van der Waals surface area contributed by atoms with Gasteiger partial charge in [-0.1, -0.05) is 6.07 Å². The molecule has 0 radical (unpaired) electrons. The van der Waals surface area contributed by atoms with E-state index in [1.54, 1.807) is 7.11 Å². The molecule has 0 saturated carbocycles. The Morgan fingerprint density at radius 3 is 2.78 bits per heavy atom. The molecule has 0 aliphatic rings. The molecule has 1 rings (SSSR count). The third-order valence-corrected chi connectivity index (χ3v) is 1.99. The molecule has 18 heavy (non-hydrogen) atoms. The zero-order valence-electron chi connectivity index (χ0n) is 9.83. The fraction of sp³-hybridized carbons (Fsp3) is 0.364. The smallest absolute Gasteiger partial charge is 0.238 e. The number of methoxy groups -OCH3 is 1. The Hall–Kier alpha value is -1.24. The van der Waals surface area contributed by atoms with Crippen molar-refractivity contribution in [1.29, 1.82) is 0 Å². The number of hydrogen-bond donors (Lipinski definition) is 2. The van der Waals surface area contributed by atoms with Crippen molar-refractivity contribution in [3.8, 4) is 0 Å². The van der Waals surface area contributed by atoms with Gasteiger partial charge < -0.3 is 15.4 Å². The van der Waals surface area contributed by atoms with Crippen LogP contribution in [0.4, 0.5) is 14.5 Å². The second-order valence-corrected chi connectivity index (χ2v) is 3.32. The zero-order chi connectivity index (χ0) is 12.7. The first-order valence-electron chi connectivity index (χ1n) is 5.08. The number of hydrogen-bond acceptors (Lipinski definition) is 3. The molecule has 0 heterocycles. The number of benzene rings is 1. The summed E-state index contributed by atoms with van der Waals surface area (Å²) in [6.07, 6.45) is 0. The van der Waals surface area contributed by atoms with Gasteiger partial charge in [-0.15, -0.1) is 12.4 Å². The van der Waals surface area contributed by atoms with Crippen LogP contribution < -0.4 is 10.6 Å². The molecule has 0 spiro atoms. The SMILES string of the molecule is COCCNCC(=O)Nc1cccc(F)c1F.Cl. The predicted octanol–water partition coefficient (Wildman–Crippen LogP) is 1.56. The minimum absolute atomic E-state index is 0. The van der Waals surface area contributed by atoms with E-state index < -0.39 is 17.5 Å². The van der Waals surface area contributed by atoms with Crippen molar-refractivity contribution in [3.63, 3.8) is 0 Å². The summed E-state index contributed by atoms with van der Waals surface area (Å²) in [5, 5.41) is 5.06. The van der Waals surface area contributed by atoms with Gasteiger partial charge in [0.15, 0.2) is 11.6 Å². The summed E-state index contributed by atoms with van der Waals surface area (Å²) < 4.78 is 30.8. The Balaban J connectivity index is 0.00000289. The molecule has 102 valence electrons. The predicted molar refractivity (Wildman–Crippen MR) is 67.0 cm³/mol. The Labute approximate surface area is 110 Å². The second kappa shape index (κ2) is 8.79. The number of ether oxygens (including phenoxy) is 1. The maximum absolute atomic E-state index is 13.2. The molecule has 1 aromatic carbocycles. The summed E-state index contributed by atoms with van der Waals surface area (Å²) in [5.74, 6) is -2.49. The van der Waals surface area contributed by atoms with Gasteiger partial charge in [0, 0.05) is 13.7 Å². The van der Waals surface area contributed by atoms with Crippen molar-refractivity contribution in [2.75, 3.05) is 32.1 Å². The van der Waals surface area contributed by atoms with Crippen molar-refractivity contribution in [1.82, 2.24) is 5.32 Å². The number of carbonyl (C=O) groups is 1. The molecule has 2 N–H and O–H groups in total. The van der Waals surface area contributed by atoms with Gasteiger partial charge in [-0.25, -0.2) is 8.78 Å². The normalized spacial score (nSPS) is 9.72. The lowest BCUT2D eigenvalue weighted by molar-refractivity contribution is -0.115. The first kappa shape index (κ1) is 16.8. The highest BCUT2D eigenvalue weighted by Gasteiger charge is 2.09. The van der Waals surface area contributed by atoms with Crippen LogP contribution in [-0.2, 0) is 9.53 Å². The van der Waals surface area contributed by atoms with Crippen LogP contribution in [0.5, 0.6) is 0 Å². The van der Waals surface area contributed by atoms with Crippen molar-refractivity contribution in [2.45, 2.75) is 0 Å². The van der Waals surface area contributed by atoms with E-state index in [4.69, 9.17) is 4.74 Å². The average molecular weight is 281 g/mol. The Kier molecular flexibility index (Phi) is 8.19. The molecule has 0 atom stereocenters. The van der Waals surface area contributed by atoms with E-state index in [0.29, 0.717) is 13.2 Å². The van der Waals surface area contributed by atoms with Crippen molar-refractivity contribution >= 4 is 24.0 Å². The summed E-state index contributed by atoms with van der Waals surface area (Å²) in [4.78, 5) is 11.3. The molecule has 0 unspecified atom stereocenters. The lowest BCUT2D eigenvalue weighted by Gasteiger charge is -2.07. The van der Waals surface area contributed by atoms with Crippen LogP contribution in [0, 0.1) is 11.6 Å². The first-order valence-corrected chi connectivity index (χ1v) is 5.08. The summed E-state index contributed by atoms with van der Waals surface area (Å²) >= 11 is 0. The number of halogens is 3. The summed E-state index contributed by atoms with van der Waals surface area (Å²) in [6.45, 7) is 0.997. The Morgan fingerprint density at radius 2 is 2.11 bits per heavy atom. The number of amides is 1. The fourth-order valence-electron chi connectivity index (χ4n) is 1.17. The third kappa shape index (κ3) is 5.39. The number of carbonyl (C=O) groups excluding carboxylic acids is 1. The first-order chi connectivity index (χ1) is 8.15. The van der Waals surface area contributed by atoms with E-state index in [-0.39, 0.29) is 24.6 Å². The van der Waals surface area contributed by atoms with E-state index in [2.05, 4.69) is 10.6 Å². The van der Waals surface area contributed by atoms with Gasteiger partial charge in [-0.2, -0.15) is 0 Å². The standard InChI is InChI=1S/C11H14F2N2O2.ClH/c1-17-6-5-14-7-10(16)15-9-4-2-3-8(12)11(9)13;/h2-4,14H,5-7H2,1H3,(H,15,16);1H. The third-order valence-electron chi connectivity index (χ3n) is 1.99. The van der Waals surface area contributed by atoms with E-state index >= 15 is 0 Å². The Morgan fingerprint density at radius 1 is 1.39 bits per heavy atom. The summed E-state index contributed by atoms with van der Waals surface area (Å²) in [6, 6.07) is 3.61. The van der Waals surface area contributed by atoms with Crippen LogP contribution in [-0.4, -0.2) is 32.7 Å². The van der Waals surface area contributed by atoms with Gasteiger partial charge in [0.2, 0.25) is 5.91 Å². The summed E-state index contributed by atoms with van der Waals surface area (Å²) in [5.41, 5.74) is -0.163. The van der Waals surface area contributed by atoms with Gasteiger partial charge >= 0.3 is 0 Å². The van der Waals surface area contributed by atoms with Crippen LogP contribution in [0.1, 0.15) is 0 Å². The number of rotatable bonds is 6. The quantitative estimate of drug-likeness (QED) is 0.778. The van der Waals surface area contributed by atoms with Gasteiger partial charge in [0.05, 0.1) is 18.8 Å². The highest BCUT2D eigenvalue weighted by molar-refractivity contribution is 5.92. The number of anilines is 1. The van der Waals surface area contributed by atoms with Gasteiger partial charge in [0.1, 0.15) is 0 Å². The minimum Gasteiger partial charge on any atom is -0.383 e. The molecule has 1 amide bonds. The molecule has 0 aliphatic heterocycles. The van der Waals surface area contributed by atoms with Crippen LogP contribution in [0.15, 0.2) is 18.2 Å². The van der Waals surface area contributed by atoms with E-state index in [0.717, 1.165) is 6.07 Å². The van der Waals surface area contributed by atoms with Crippen LogP contribution in [0.25, 0.3) is 0 Å². The molecule has 0 bridgehead atoms. The lowest BCUT2D eigenvalue weighted by atomic mass is 10.3. The molecule has 1 aromatic rings. The monoisotopic (exact) mass is 280 g/mol. The lowest BCUT2D eigenvalue weighted by Crippen LogP contribution is -2.30. The van der Waals surface area contributed by atoms with Gasteiger partial charge in [0.25, 0.3) is 0 Å².